The third-order valence-electron chi connectivity index (χ3n) is 4.24. The van der Waals surface area contributed by atoms with Gasteiger partial charge in [-0.15, -0.1) is 0 Å². The molecule has 24 heavy (non-hydrogen) atoms. The van der Waals surface area contributed by atoms with Gasteiger partial charge in [-0.05, 0) is 41.9 Å². The van der Waals surface area contributed by atoms with Gasteiger partial charge in [-0.2, -0.15) is 0 Å². The van der Waals surface area contributed by atoms with Crippen LogP contribution in [0.3, 0.4) is 0 Å². The molecule has 0 saturated carbocycles. The molecule has 126 valence electrons. The minimum atomic E-state index is -0.754. The number of hydrogen-bond donors (Lipinski definition) is 1. The summed E-state index contributed by atoms with van der Waals surface area (Å²) in [6, 6.07) is 2.10. The van der Waals surface area contributed by atoms with Gasteiger partial charge in [0.2, 0.25) is 5.88 Å². The summed E-state index contributed by atoms with van der Waals surface area (Å²) in [5.74, 6) is 0.517. The first-order valence-corrected chi connectivity index (χ1v) is 8.26. The van der Waals surface area contributed by atoms with Crippen molar-refractivity contribution in [1.82, 2.24) is 15.3 Å². The molecule has 1 atom stereocenters. The Balaban J connectivity index is 2.01. The maximum Gasteiger partial charge on any atom is 0.222 e. The lowest BCUT2D eigenvalue weighted by molar-refractivity contribution is 0.270. The van der Waals surface area contributed by atoms with E-state index in [0.29, 0.717) is 23.7 Å². The van der Waals surface area contributed by atoms with Crippen LogP contribution in [0, 0.1) is 0 Å². The fraction of sp³-hybridized carbons (Fsp3) is 0.500. The largest absolute Gasteiger partial charge is 0.476 e. The Labute approximate surface area is 145 Å². The zero-order chi connectivity index (χ0) is 17.2. The molecule has 1 fully saturated rings. The normalized spacial score (nSPS) is 17.7. The molecule has 1 N–H and O–H groups in total. The molecule has 3 heterocycles. The number of nitrogens with one attached hydrogen (secondary N) is 1. The van der Waals surface area contributed by atoms with Gasteiger partial charge < -0.3 is 10.1 Å². The van der Waals surface area contributed by atoms with Gasteiger partial charge in [-0.25, -0.2) is 9.97 Å². The van der Waals surface area contributed by atoms with Crippen molar-refractivity contribution < 1.29 is 4.74 Å². The molecular weight excluding hydrogens is 328 g/mol. The van der Waals surface area contributed by atoms with Crippen molar-refractivity contribution in [3.63, 3.8) is 0 Å². The van der Waals surface area contributed by atoms with Gasteiger partial charge in [0.05, 0.1) is 10.9 Å². The topological polar surface area (TPSA) is 95.8 Å². The van der Waals surface area contributed by atoms with Crippen molar-refractivity contribution >= 4 is 22.4 Å². The maximum absolute atomic E-state index is 8.82. The second-order valence-electron chi connectivity index (χ2n) is 6.38. The van der Waals surface area contributed by atoms with Crippen molar-refractivity contribution in [2.75, 3.05) is 13.2 Å². The summed E-state index contributed by atoms with van der Waals surface area (Å²) in [5.41, 5.74) is 8.85. The van der Waals surface area contributed by atoms with Crippen molar-refractivity contribution in [2.24, 2.45) is 5.11 Å². The summed E-state index contributed by atoms with van der Waals surface area (Å²) in [6.45, 7) is 5.25. The number of azide groups is 1. The van der Waals surface area contributed by atoms with Gasteiger partial charge in [0.1, 0.15) is 11.8 Å². The molecule has 0 amide bonds. The monoisotopic (exact) mass is 346 g/mol. The lowest BCUT2D eigenvalue weighted by atomic mass is 9.93. The molecule has 0 aliphatic carbocycles. The SMILES string of the molecule is CC(C)(N=[N+]=[N-])c1cnc(OC[C@@H]2CCCN2)c2cnc(Cl)cc12. The van der Waals surface area contributed by atoms with E-state index in [4.69, 9.17) is 21.9 Å². The number of hydrogen-bond acceptors (Lipinski definition) is 5. The van der Waals surface area contributed by atoms with E-state index in [2.05, 4.69) is 25.3 Å². The van der Waals surface area contributed by atoms with Gasteiger partial charge in [0, 0.05) is 23.3 Å². The van der Waals surface area contributed by atoms with Crippen LogP contribution in [0.2, 0.25) is 5.15 Å². The molecule has 7 nitrogen and oxygen atoms in total. The first-order chi connectivity index (χ1) is 11.5. The van der Waals surface area contributed by atoms with Crippen molar-refractivity contribution in [3.05, 3.63) is 39.6 Å². The lowest BCUT2D eigenvalue weighted by Crippen LogP contribution is -2.28. The number of fused-ring (bicyclic) bond motifs is 1. The third kappa shape index (κ3) is 3.38. The molecule has 1 aliphatic heterocycles. The Bertz CT molecular complexity index is 796. The predicted octanol–water partition coefficient (Wildman–Crippen LogP) is 3.96. The molecule has 0 spiro atoms. The molecular formula is C16H19ClN6O. The molecule has 0 bridgehead atoms. The molecule has 0 aromatic carbocycles. The van der Waals surface area contributed by atoms with Gasteiger partial charge >= 0.3 is 0 Å². The zero-order valence-electron chi connectivity index (χ0n) is 13.7. The average Bonchev–Trinajstić information content (AvgIpc) is 3.05. The van der Waals surface area contributed by atoms with Crippen molar-refractivity contribution in [3.8, 4) is 5.88 Å². The predicted molar refractivity (Wildman–Crippen MR) is 93.2 cm³/mol. The van der Waals surface area contributed by atoms with Crippen LogP contribution in [-0.4, -0.2) is 29.2 Å². The van der Waals surface area contributed by atoms with Crippen LogP contribution in [0.15, 0.2) is 23.6 Å². The van der Waals surface area contributed by atoms with E-state index in [-0.39, 0.29) is 0 Å². The van der Waals surface area contributed by atoms with E-state index < -0.39 is 5.54 Å². The highest BCUT2D eigenvalue weighted by Gasteiger charge is 2.24. The van der Waals surface area contributed by atoms with Gasteiger partial charge in [-0.3, -0.25) is 0 Å². The summed E-state index contributed by atoms with van der Waals surface area (Å²) >= 11 is 6.07. The molecule has 2 aromatic rings. The standard InChI is InChI=1S/C16H19ClN6O/c1-16(2,22-23-18)13-8-21-15(24-9-10-4-3-5-19-10)12-7-20-14(17)6-11(12)13/h6-8,10,19H,3-5,9H2,1-2H3/t10-/m0/s1. The molecule has 1 aliphatic rings. The molecule has 3 rings (SSSR count). The number of ether oxygens (including phenoxy) is 1. The van der Waals surface area contributed by atoms with Crippen LogP contribution in [0.25, 0.3) is 21.2 Å². The van der Waals surface area contributed by atoms with E-state index in [9.17, 15) is 0 Å². The van der Waals surface area contributed by atoms with Crippen LogP contribution in [0.4, 0.5) is 0 Å². The van der Waals surface area contributed by atoms with E-state index in [1.165, 1.54) is 6.42 Å². The second kappa shape index (κ2) is 6.81. The molecule has 0 unspecified atom stereocenters. The number of halogens is 1. The zero-order valence-corrected chi connectivity index (χ0v) is 14.4. The van der Waals surface area contributed by atoms with Crippen LogP contribution >= 0.6 is 11.6 Å². The fourth-order valence-electron chi connectivity index (χ4n) is 2.93. The average molecular weight is 347 g/mol. The number of aromatic nitrogens is 2. The first kappa shape index (κ1) is 16.8. The minimum Gasteiger partial charge on any atom is -0.476 e. The third-order valence-corrected chi connectivity index (χ3v) is 4.45. The minimum absolute atomic E-state index is 0.349. The smallest absolute Gasteiger partial charge is 0.222 e. The van der Waals surface area contributed by atoms with Crippen LogP contribution < -0.4 is 10.1 Å². The summed E-state index contributed by atoms with van der Waals surface area (Å²) in [6.07, 6.45) is 5.60. The van der Waals surface area contributed by atoms with Crippen molar-refractivity contribution in [2.45, 2.75) is 38.3 Å². The van der Waals surface area contributed by atoms with E-state index in [1.54, 1.807) is 18.5 Å². The Morgan fingerprint density at radius 3 is 2.96 bits per heavy atom. The van der Waals surface area contributed by atoms with E-state index >= 15 is 0 Å². The quantitative estimate of drug-likeness (QED) is 0.383. The van der Waals surface area contributed by atoms with Crippen LogP contribution in [-0.2, 0) is 5.54 Å². The van der Waals surface area contributed by atoms with Crippen LogP contribution in [0.5, 0.6) is 5.88 Å². The summed E-state index contributed by atoms with van der Waals surface area (Å²) in [7, 11) is 0. The Kier molecular flexibility index (Phi) is 4.76. The number of nitrogens with zero attached hydrogens (tertiary/aromatic N) is 5. The lowest BCUT2D eigenvalue weighted by Gasteiger charge is -2.21. The first-order valence-electron chi connectivity index (χ1n) is 7.88. The van der Waals surface area contributed by atoms with Crippen molar-refractivity contribution in [1.29, 1.82) is 0 Å². The molecule has 0 radical (unpaired) electrons. The molecule has 1 saturated heterocycles. The van der Waals surface area contributed by atoms with Gasteiger partial charge in [0.25, 0.3) is 0 Å². The van der Waals surface area contributed by atoms with Crippen LogP contribution in [0.1, 0.15) is 32.3 Å². The van der Waals surface area contributed by atoms with E-state index in [1.807, 2.05) is 13.8 Å². The fourth-order valence-corrected chi connectivity index (χ4v) is 3.09. The number of pyridine rings is 2. The summed E-state index contributed by atoms with van der Waals surface area (Å²) < 4.78 is 5.91. The Morgan fingerprint density at radius 2 is 2.25 bits per heavy atom. The Hall–Kier alpha value is -2.08. The Morgan fingerprint density at radius 1 is 1.42 bits per heavy atom. The van der Waals surface area contributed by atoms with E-state index in [0.717, 1.165) is 29.3 Å². The molecule has 2 aromatic heterocycles. The highest BCUT2D eigenvalue weighted by atomic mass is 35.5. The number of rotatable bonds is 5. The summed E-state index contributed by atoms with van der Waals surface area (Å²) in [5, 5.41) is 9.22. The van der Waals surface area contributed by atoms with Gasteiger partial charge in [-0.1, -0.05) is 30.6 Å². The summed E-state index contributed by atoms with van der Waals surface area (Å²) in [4.78, 5) is 11.5. The second-order valence-corrected chi connectivity index (χ2v) is 6.77. The maximum atomic E-state index is 8.82. The highest BCUT2D eigenvalue weighted by molar-refractivity contribution is 6.30. The highest BCUT2D eigenvalue weighted by Crippen LogP contribution is 2.35. The molecule has 8 heteroatoms. The van der Waals surface area contributed by atoms with Gasteiger partial charge in [0.15, 0.2) is 0 Å².